The molecule has 1 unspecified atom stereocenters. The lowest BCUT2D eigenvalue weighted by Crippen LogP contribution is -1.96. The van der Waals surface area contributed by atoms with E-state index in [1.165, 1.54) is 5.56 Å². The summed E-state index contributed by atoms with van der Waals surface area (Å²) in [7, 11) is 0. The molecule has 0 radical (unpaired) electrons. The molecule has 2 heteroatoms. The molecule has 2 nitrogen and oxygen atoms in total. The summed E-state index contributed by atoms with van der Waals surface area (Å²) in [5.41, 5.74) is 4.62. The Morgan fingerprint density at radius 2 is 1.64 bits per heavy atom. The summed E-state index contributed by atoms with van der Waals surface area (Å²) < 4.78 is 12.0. The lowest BCUT2D eigenvalue weighted by Gasteiger charge is -2.08. The molecule has 3 aromatic rings. The fourth-order valence-electron chi connectivity index (χ4n) is 3.06. The second-order valence-corrected chi connectivity index (χ2v) is 6.20. The average molecular weight is 328 g/mol. The first-order chi connectivity index (χ1) is 12.3. The third kappa shape index (κ3) is 3.43. The standard InChI is InChI=1S/C23H20O2/c1-17-22-15-20(24-16-19-10-6-3-7-11-19)12-13-21(22)23(25-17)14-18-8-4-2-5-9-18/h2-15,17H,16H2,1H3/b23-14-. The molecule has 0 bridgehead atoms. The zero-order chi connectivity index (χ0) is 17.1. The van der Waals surface area contributed by atoms with Gasteiger partial charge in [-0.1, -0.05) is 60.7 Å². The van der Waals surface area contributed by atoms with Gasteiger partial charge in [0.2, 0.25) is 0 Å². The Balaban J connectivity index is 1.56. The van der Waals surface area contributed by atoms with Crippen molar-refractivity contribution in [3.63, 3.8) is 0 Å². The zero-order valence-electron chi connectivity index (χ0n) is 14.2. The second kappa shape index (κ2) is 6.86. The van der Waals surface area contributed by atoms with E-state index in [2.05, 4.69) is 49.4 Å². The van der Waals surface area contributed by atoms with Crippen LogP contribution in [0.1, 0.15) is 35.3 Å². The molecule has 0 spiro atoms. The maximum atomic E-state index is 6.06. The molecule has 1 aliphatic rings. The van der Waals surface area contributed by atoms with Crippen molar-refractivity contribution in [2.24, 2.45) is 0 Å². The Morgan fingerprint density at radius 3 is 2.40 bits per heavy atom. The highest BCUT2D eigenvalue weighted by atomic mass is 16.5. The van der Waals surface area contributed by atoms with Crippen molar-refractivity contribution in [2.75, 3.05) is 0 Å². The van der Waals surface area contributed by atoms with Crippen molar-refractivity contribution in [1.82, 2.24) is 0 Å². The van der Waals surface area contributed by atoms with E-state index in [1.54, 1.807) is 0 Å². The van der Waals surface area contributed by atoms with Crippen LogP contribution >= 0.6 is 0 Å². The maximum Gasteiger partial charge on any atom is 0.128 e. The first kappa shape index (κ1) is 15.5. The fourth-order valence-corrected chi connectivity index (χ4v) is 3.06. The smallest absolute Gasteiger partial charge is 0.128 e. The van der Waals surface area contributed by atoms with Gasteiger partial charge < -0.3 is 9.47 Å². The van der Waals surface area contributed by atoms with Crippen LogP contribution in [0.2, 0.25) is 0 Å². The van der Waals surface area contributed by atoms with E-state index in [1.807, 2.05) is 42.5 Å². The van der Waals surface area contributed by atoms with E-state index in [4.69, 9.17) is 9.47 Å². The zero-order valence-corrected chi connectivity index (χ0v) is 14.2. The van der Waals surface area contributed by atoms with Crippen LogP contribution in [0.3, 0.4) is 0 Å². The van der Waals surface area contributed by atoms with Crippen molar-refractivity contribution >= 4 is 11.8 Å². The molecule has 0 N–H and O–H groups in total. The fraction of sp³-hybridized carbons (Fsp3) is 0.130. The Morgan fingerprint density at radius 1 is 0.920 bits per heavy atom. The monoisotopic (exact) mass is 328 g/mol. The van der Waals surface area contributed by atoms with E-state index in [9.17, 15) is 0 Å². The van der Waals surface area contributed by atoms with Gasteiger partial charge >= 0.3 is 0 Å². The molecule has 0 amide bonds. The predicted octanol–water partition coefficient (Wildman–Crippen LogP) is 5.85. The van der Waals surface area contributed by atoms with Crippen molar-refractivity contribution < 1.29 is 9.47 Å². The van der Waals surface area contributed by atoms with Crippen LogP contribution < -0.4 is 4.74 Å². The Hall–Kier alpha value is -3.00. The number of benzene rings is 3. The Labute approximate surface area is 148 Å². The van der Waals surface area contributed by atoms with Crippen molar-refractivity contribution in [3.05, 3.63) is 101 Å². The molecule has 0 aliphatic carbocycles. The van der Waals surface area contributed by atoms with Crippen molar-refractivity contribution in [2.45, 2.75) is 19.6 Å². The number of rotatable bonds is 4. The predicted molar refractivity (Wildman–Crippen MR) is 101 cm³/mol. The summed E-state index contributed by atoms with van der Waals surface area (Å²) in [4.78, 5) is 0. The molecule has 124 valence electrons. The highest BCUT2D eigenvalue weighted by molar-refractivity contribution is 5.81. The topological polar surface area (TPSA) is 18.5 Å². The normalized spacial score (nSPS) is 17.2. The van der Waals surface area contributed by atoms with Gasteiger partial charge in [-0.2, -0.15) is 0 Å². The van der Waals surface area contributed by atoms with Crippen molar-refractivity contribution in [1.29, 1.82) is 0 Å². The molecule has 1 atom stereocenters. The van der Waals surface area contributed by atoms with Crippen LogP contribution in [0.15, 0.2) is 78.9 Å². The molecule has 0 fully saturated rings. The SMILES string of the molecule is CC1O/C(=C\c2ccccc2)c2ccc(OCc3ccccc3)cc21. The lowest BCUT2D eigenvalue weighted by atomic mass is 10.0. The van der Waals surface area contributed by atoms with Gasteiger partial charge in [-0.3, -0.25) is 0 Å². The number of fused-ring (bicyclic) bond motifs is 1. The number of ether oxygens (including phenoxy) is 2. The molecule has 25 heavy (non-hydrogen) atoms. The lowest BCUT2D eigenvalue weighted by molar-refractivity contribution is 0.209. The van der Waals surface area contributed by atoms with Gasteiger partial charge in [0.05, 0.1) is 0 Å². The van der Waals surface area contributed by atoms with E-state index in [0.29, 0.717) is 6.61 Å². The van der Waals surface area contributed by atoms with Gasteiger partial charge in [0.15, 0.2) is 0 Å². The third-order valence-electron chi connectivity index (χ3n) is 4.38. The molecule has 1 aliphatic heterocycles. The van der Waals surface area contributed by atoms with Crippen LogP contribution in [0.5, 0.6) is 5.75 Å². The maximum absolute atomic E-state index is 6.06. The van der Waals surface area contributed by atoms with Crippen LogP contribution in [0.25, 0.3) is 11.8 Å². The second-order valence-electron chi connectivity index (χ2n) is 6.20. The summed E-state index contributed by atoms with van der Waals surface area (Å²) >= 11 is 0. The third-order valence-corrected chi connectivity index (χ3v) is 4.38. The van der Waals surface area contributed by atoms with Crippen LogP contribution in [-0.4, -0.2) is 0 Å². The van der Waals surface area contributed by atoms with Crippen LogP contribution in [0.4, 0.5) is 0 Å². The molecule has 0 saturated heterocycles. The first-order valence-electron chi connectivity index (χ1n) is 8.54. The van der Waals surface area contributed by atoms with E-state index in [0.717, 1.165) is 28.2 Å². The Kier molecular flexibility index (Phi) is 4.26. The summed E-state index contributed by atoms with van der Waals surface area (Å²) in [6.45, 7) is 2.65. The van der Waals surface area contributed by atoms with Gasteiger partial charge in [-0.05, 0) is 42.3 Å². The minimum atomic E-state index is 0.0326. The summed E-state index contributed by atoms with van der Waals surface area (Å²) in [5, 5.41) is 0. The average Bonchev–Trinajstić information content (AvgIpc) is 2.97. The minimum absolute atomic E-state index is 0.0326. The van der Waals surface area contributed by atoms with Gasteiger partial charge in [-0.15, -0.1) is 0 Å². The van der Waals surface area contributed by atoms with E-state index >= 15 is 0 Å². The highest BCUT2D eigenvalue weighted by Crippen LogP contribution is 2.40. The first-order valence-corrected chi connectivity index (χ1v) is 8.54. The van der Waals surface area contributed by atoms with Gasteiger partial charge in [0.25, 0.3) is 0 Å². The highest BCUT2D eigenvalue weighted by Gasteiger charge is 2.25. The Bertz CT molecular complexity index is 882. The molecule has 4 rings (SSSR count). The largest absolute Gasteiger partial charge is 0.489 e. The molecular formula is C23H20O2. The van der Waals surface area contributed by atoms with Gasteiger partial charge in [-0.25, -0.2) is 0 Å². The number of hydrogen-bond acceptors (Lipinski definition) is 2. The van der Waals surface area contributed by atoms with Gasteiger partial charge in [0.1, 0.15) is 24.2 Å². The summed E-state index contributed by atoms with van der Waals surface area (Å²) in [6.07, 6.45) is 2.12. The summed E-state index contributed by atoms with van der Waals surface area (Å²) in [6, 6.07) is 26.6. The molecule has 0 saturated carbocycles. The van der Waals surface area contributed by atoms with Crippen molar-refractivity contribution in [3.8, 4) is 5.75 Å². The van der Waals surface area contributed by atoms with Crippen LogP contribution in [0, 0.1) is 0 Å². The van der Waals surface area contributed by atoms with Gasteiger partial charge in [0, 0.05) is 11.1 Å². The molecular weight excluding hydrogens is 308 g/mol. The molecule has 1 heterocycles. The number of hydrogen-bond donors (Lipinski definition) is 0. The van der Waals surface area contributed by atoms with E-state index < -0.39 is 0 Å². The van der Waals surface area contributed by atoms with E-state index in [-0.39, 0.29) is 6.10 Å². The van der Waals surface area contributed by atoms with Crippen LogP contribution in [-0.2, 0) is 11.3 Å². The summed E-state index contributed by atoms with van der Waals surface area (Å²) in [5.74, 6) is 1.79. The molecule has 0 aromatic heterocycles. The quantitative estimate of drug-likeness (QED) is 0.597. The molecule has 3 aromatic carbocycles. The minimum Gasteiger partial charge on any atom is -0.489 e.